The van der Waals surface area contributed by atoms with Crippen LogP contribution in [-0.4, -0.2) is 14.8 Å². The van der Waals surface area contributed by atoms with E-state index in [-0.39, 0.29) is 10.6 Å². The van der Waals surface area contributed by atoms with E-state index in [0.717, 1.165) is 22.8 Å². The van der Waals surface area contributed by atoms with E-state index in [2.05, 4.69) is 20.5 Å². The van der Waals surface area contributed by atoms with Gasteiger partial charge in [-0.2, -0.15) is 0 Å². The molecule has 2 rings (SSSR count). The molecule has 0 aliphatic rings. The molecule has 0 fully saturated rings. The Morgan fingerprint density at radius 3 is 2.87 bits per heavy atom. The fraction of sp³-hybridized carbons (Fsp3) is 0.200. The highest BCUT2D eigenvalue weighted by Crippen LogP contribution is 2.21. The first kappa shape index (κ1) is 10.2. The van der Waals surface area contributed by atoms with Crippen molar-refractivity contribution in [2.24, 2.45) is 0 Å². The summed E-state index contributed by atoms with van der Waals surface area (Å²) >= 11 is 3.37. The number of nitro benzene ring substituents is 1. The van der Waals surface area contributed by atoms with E-state index in [0.29, 0.717) is 0 Å². The largest absolute Gasteiger partial charge is 0.347 e. The first-order valence-electron chi connectivity index (χ1n) is 4.51. The van der Waals surface area contributed by atoms with Crippen molar-refractivity contribution in [1.29, 1.82) is 0 Å². The fourth-order valence-corrected chi connectivity index (χ4v) is 1.97. The lowest BCUT2D eigenvalue weighted by atomic mass is 10.2. The Hall–Kier alpha value is -1.36. The third-order valence-corrected chi connectivity index (χ3v) is 2.65. The number of fused-ring (bicyclic) bond motifs is 1. The average molecular weight is 269 g/mol. The van der Waals surface area contributed by atoms with Crippen LogP contribution in [-0.2, 0) is 6.54 Å². The number of non-ortho nitro benzene ring substituents is 1. The summed E-state index contributed by atoms with van der Waals surface area (Å²) in [4.78, 5) is 10.2. The van der Waals surface area contributed by atoms with Crippen molar-refractivity contribution in [3.63, 3.8) is 0 Å². The molecule has 0 aliphatic heterocycles. The quantitative estimate of drug-likeness (QED) is 0.488. The van der Waals surface area contributed by atoms with Crippen LogP contribution in [0.1, 0.15) is 0 Å². The van der Waals surface area contributed by atoms with Crippen molar-refractivity contribution in [3.8, 4) is 0 Å². The van der Waals surface area contributed by atoms with E-state index in [4.69, 9.17) is 0 Å². The molecule has 0 spiro atoms. The second-order valence-electron chi connectivity index (χ2n) is 3.20. The maximum absolute atomic E-state index is 10.6. The number of nitro groups is 1. The third-order valence-electron chi connectivity index (χ3n) is 2.29. The SMILES string of the molecule is O=[N+]([O-])c1ccc2c(ccn2CCBr)c1. The molecular weight excluding hydrogens is 260 g/mol. The smallest absolute Gasteiger partial charge is 0.270 e. The molecular formula is C10H9BrN2O2. The zero-order valence-electron chi connectivity index (χ0n) is 7.89. The van der Waals surface area contributed by atoms with Crippen LogP contribution in [0.4, 0.5) is 5.69 Å². The highest BCUT2D eigenvalue weighted by Gasteiger charge is 2.07. The predicted molar refractivity (Wildman–Crippen MR) is 62.4 cm³/mol. The number of aromatic nitrogens is 1. The molecule has 0 atom stereocenters. The molecule has 0 saturated heterocycles. The Kier molecular flexibility index (Phi) is 2.73. The molecule has 0 N–H and O–H groups in total. The molecule has 2 aromatic rings. The van der Waals surface area contributed by atoms with E-state index in [1.165, 1.54) is 6.07 Å². The van der Waals surface area contributed by atoms with Crippen molar-refractivity contribution < 1.29 is 4.92 Å². The van der Waals surface area contributed by atoms with E-state index >= 15 is 0 Å². The lowest BCUT2D eigenvalue weighted by Gasteiger charge is -2.01. The summed E-state index contributed by atoms with van der Waals surface area (Å²) in [6.07, 6.45) is 1.94. The van der Waals surface area contributed by atoms with Gasteiger partial charge in [0.1, 0.15) is 0 Å². The summed E-state index contributed by atoms with van der Waals surface area (Å²) < 4.78 is 2.06. The molecule has 0 aliphatic carbocycles. The van der Waals surface area contributed by atoms with E-state index in [1.807, 2.05) is 12.3 Å². The van der Waals surface area contributed by atoms with Gasteiger partial charge >= 0.3 is 0 Å². The first-order valence-corrected chi connectivity index (χ1v) is 5.64. The summed E-state index contributed by atoms with van der Waals surface area (Å²) in [6.45, 7) is 0.862. The van der Waals surface area contributed by atoms with E-state index < -0.39 is 0 Å². The van der Waals surface area contributed by atoms with Crippen LogP contribution in [0.15, 0.2) is 30.5 Å². The van der Waals surface area contributed by atoms with Crippen LogP contribution in [0.5, 0.6) is 0 Å². The summed E-state index contributed by atoms with van der Waals surface area (Å²) in [5, 5.41) is 12.3. The van der Waals surface area contributed by atoms with Crippen molar-refractivity contribution in [3.05, 3.63) is 40.6 Å². The molecule has 4 nitrogen and oxygen atoms in total. The van der Waals surface area contributed by atoms with Gasteiger partial charge in [0.25, 0.3) is 5.69 Å². The minimum absolute atomic E-state index is 0.138. The second kappa shape index (κ2) is 4.02. The van der Waals surface area contributed by atoms with Gasteiger partial charge in [-0.15, -0.1) is 0 Å². The number of aryl methyl sites for hydroxylation is 1. The van der Waals surface area contributed by atoms with Gasteiger partial charge < -0.3 is 4.57 Å². The van der Waals surface area contributed by atoms with Crippen LogP contribution >= 0.6 is 15.9 Å². The molecule has 1 aromatic carbocycles. The Labute approximate surface area is 94.8 Å². The predicted octanol–water partition coefficient (Wildman–Crippen LogP) is 2.94. The number of benzene rings is 1. The average Bonchev–Trinajstić information content (AvgIpc) is 2.61. The second-order valence-corrected chi connectivity index (χ2v) is 3.99. The lowest BCUT2D eigenvalue weighted by molar-refractivity contribution is -0.384. The summed E-state index contributed by atoms with van der Waals surface area (Å²) in [6, 6.07) is 6.81. The maximum atomic E-state index is 10.6. The summed E-state index contributed by atoms with van der Waals surface area (Å²) in [5.74, 6) is 0. The van der Waals surface area contributed by atoms with Crippen molar-refractivity contribution in [1.82, 2.24) is 4.57 Å². The molecule has 78 valence electrons. The molecule has 1 heterocycles. The lowest BCUT2D eigenvalue weighted by Crippen LogP contribution is -1.96. The standard InChI is InChI=1S/C10H9BrN2O2/c11-4-6-12-5-3-8-7-9(13(14)15)1-2-10(8)12/h1-3,5,7H,4,6H2. The summed E-state index contributed by atoms with van der Waals surface area (Å²) in [7, 11) is 0. The highest BCUT2D eigenvalue weighted by molar-refractivity contribution is 9.09. The first-order chi connectivity index (χ1) is 7.22. The molecule has 0 radical (unpaired) electrons. The van der Waals surface area contributed by atoms with E-state index in [9.17, 15) is 10.1 Å². The van der Waals surface area contributed by atoms with Gasteiger partial charge in [-0.05, 0) is 12.1 Å². The zero-order chi connectivity index (χ0) is 10.8. The van der Waals surface area contributed by atoms with Crippen LogP contribution in [0.25, 0.3) is 10.9 Å². The van der Waals surface area contributed by atoms with Gasteiger partial charge in [-0.25, -0.2) is 0 Å². The van der Waals surface area contributed by atoms with Gasteiger partial charge in [-0.3, -0.25) is 10.1 Å². The number of rotatable bonds is 3. The number of halogens is 1. The molecule has 0 saturated carbocycles. The van der Waals surface area contributed by atoms with Crippen molar-refractivity contribution >= 4 is 32.5 Å². The zero-order valence-corrected chi connectivity index (χ0v) is 9.48. The van der Waals surface area contributed by atoms with Gasteiger partial charge in [-0.1, -0.05) is 15.9 Å². The molecule has 15 heavy (non-hydrogen) atoms. The number of hydrogen-bond acceptors (Lipinski definition) is 2. The Morgan fingerprint density at radius 1 is 1.40 bits per heavy atom. The normalized spacial score (nSPS) is 10.7. The minimum atomic E-state index is -0.374. The molecule has 0 bridgehead atoms. The molecule has 0 amide bonds. The topological polar surface area (TPSA) is 48.1 Å². The molecule has 0 unspecified atom stereocenters. The Balaban J connectivity index is 2.51. The fourth-order valence-electron chi connectivity index (χ4n) is 1.59. The van der Waals surface area contributed by atoms with Gasteiger partial charge in [0.2, 0.25) is 0 Å². The molecule has 1 aromatic heterocycles. The summed E-state index contributed by atoms with van der Waals surface area (Å²) in [5.41, 5.74) is 1.17. The Bertz CT molecular complexity index is 507. The Morgan fingerprint density at radius 2 is 2.20 bits per heavy atom. The molecule has 5 heteroatoms. The number of alkyl halides is 1. The van der Waals surface area contributed by atoms with Crippen LogP contribution in [0, 0.1) is 10.1 Å². The monoisotopic (exact) mass is 268 g/mol. The number of nitrogens with zero attached hydrogens (tertiary/aromatic N) is 2. The van der Waals surface area contributed by atoms with Crippen LogP contribution < -0.4 is 0 Å². The van der Waals surface area contributed by atoms with Crippen LogP contribution in [0.2, 0.25) is 0 Å². The van der Waals surface area contributed by atoms with Crippen LogP contribution in [0.3, 0.4) is 0 Å². The minimum Gasteiger partial charge on any atom is -0.347 e. The third kappa shape index (κ3) is 1.87. The van der Waals surface area contributed by atoms with Gasteiger partial charge in [0, 0.05) is 41.1 Å². The highest BCUT2D eigenvalue weighted by atomic mass is 79.9. The number of hydrogen-bond donors (Lipinski definition) is 0. The van der Waals surface area contributed by atoms with E-state index in [1.54, 1.807) is 12.1 Å². The van der Waals surface area contributed by atoms with Gasteiger partial charge in [0.05, 0.1) is 4.92 Å². The maximum Gasteiger partial charge on any atom is 0.270 e. The van der Waals surface area contributed by atoms with Crippen molar-refractivity contribution in [2.45, 2.75) is 6.54 Å². The van der Waals surface area contributed by atoms with Gasteiger partial charge in [0.15, 0.2) is 0 Å². The van der Waals surface area contributed by atoms with Crippen molar-refractivity contribution in [2.75, 3.05) is 5.33 Å².